The lowest BCUT2D eigenvalue weighted by Crippen LogP contribution is -2.53. The first-order valence-corrected chi connectivity index (χ1v) is 10.3. The zero-order valence-electron chi connectivity index (χ0n) is 16.7. The number of para-hydroxylation sites is 1. The van der Waals surface area contributed by atoms with Gasteiger partial charge in [-0.25, -0.2) is 4.79 Å². The average Bonchev–Trinajstić information content (AvgIpc) is 2.74. The van der Waals surface area contributed by atoms with E-state index in [1.165, 1.54) is 0 Å². The molecule has 29 heavy (non-hydrogen) atoms. The molecule has 0 saturated carbocycles. The largest absolute Gasteiger partial charge is 0.465 e. The maximum absolute atomic E-state index is 13.1. The van der Waals surface area contributed by atoms with Crippen molar-refractivity contribution in [2.24, 2.45) is 0 Å². The number of esters is 1. The minimum atomic E-state index is -0.183. The molecule has 0 aliphatic carbocycles. The van der Waals surface area contributed by atoms with E-state index in [1.54, 1.807) is 0 Å². The molecule has 1 saturated heterocycles. The monoisotopic (exact) mass is 393 g/mol. The summed E-state index contributed by atoms with van der Waals surface area (Å²) in [5, 5.41) is 3.07. The van der Waals surface area contributed by atoms with Crippen LogP contribution in [0.2, 0.25) is 0 Å². The zero-order chi connectivity index (χ0) is 20.2. The SMILES string of the molecule is CCOC(=O)CN1CCC(N2C(=O)Nc3ccccc3C2c2ccccc2)CC1. The van der Waals surface area contributed by atoms with Gasteiger partial charge in [0, 0.05) is 30.4 Å². The molecule has 2 heterocycles. The summed E-state index contributed by atoms with van der Waals surface area (Å²) in [6.45, 7) is 4.09. The molecular formula is C23H27N3O3. The summed E-state index contributed by atoms with van der Waals surface area (Å²) in [6.07, 6.45) is 1.66. The Labute approximate surface area is 171 Å². The fourth-order valence-electron chi connectivity index (χ4n) is 4.39. The van der Waals surface area contributed by atoms with E-state index in [0.29, 0.717) is 13.2 Å². The first-order valence-electron chi connectivity index (χ1n) is 10.3. The second-order valence-corrected chi connectivity index (χ2v) is 7.55. The fraction of sp³-hybridized carbons (Fsp3) is 0.391. The molecule has 2 aromatic rings. The molecule has 1 unspecified atom stereocenters. The summed E-state index contributed by atoms with van der Waals surface area (Å²) in [6, 6.07) is 18.2. The van der Waals surface area contributed by atoms with Crippen LogP contribution in [0.5, 0.6) is 0 Å². The molecule has 0 bridgehead atoms. The molecule has 6 heteroatoms. The van der Waals surface area contributed by atoms with Gasteiger partial charge in [0.1, 0.15) is 0 Å². The number of carbonyl (C=O) groups excluding carboxylic acids is 2. The van der Waals surface area contributed by atoms with Crippen LogP contribution in [0.1, 0.15) is 36.9 Å². The van der Waals surface area contributed by atoms with Crippen LogP contribution in [-0.4, -0.2) is 54.1 Å². The highest BCUT2D eigenvalue weighted by Gasteiger charge is 2.39. The minimum Gasteiger partial charge on any atom is -0.465 e. The number of nitrogens with one attached hydrogen (secondary N) is 1. The number of benzene rings is 2. The second-order valence-electron chi connectivity index (χ2n) is 7.55. The Morgan fingerprint density at radius 3 is 2.48 bits per heavy atom. The number of hydrogen-bond donors (Lipinski definition) is 1. The second kappa shape index (κ2) is 8.66. The Kier molecular flexibility index (Phi) is 5.81. The molecule has 2 aliphatic rings. The number of fused-ring (bicyclic) bond motifs is 1. The Balaban J connectivity index is 1.56. The minimum absolute atomic E-state index is 0.0543. The van der Waals surface area contributed by atoms with Crippen LogP contribution in [0.3, 0.4) is 0 Å². The predicted molar refractivity (Wildman–Crippen MR) is 112 cm³/mol. The smallest absolute Gasteiger partial charge is 0.322 e. The van der Waals surface area contributed by atoms with Crippen molar-refractivity contribution >= 4 is 17.7 Å². The first kappa shape index (κ1) is 19.5. The molecule has 2 amide bonds. The Hall–Kier alpha value is -2.86. The fourth-order valence-corrected chi connectivity index (χ4v) is 4.39. The number of nitrogens with zero attached hydrogens (tertiary/aromatic N) is 2. The van der Waals surface area contributed by atoms with Gasteiger partial charge in [0.05, 0.1) is 19.2 Å². The van der Waals surface area contributed by atoms with Crippen LogP contribution >= 0.6 is 0 Å². The Morgan fingerprint density at radius 1 is 1.07 bits per heavy atom. The highest BCUT2D eigenvalue weighted by Crippen LogP contribution is 2.40. The van der Waals surface area contributed by atoms with Gasteiger partial charge < -0.3 is 15.0 Å². The van der Waals surface area contributed by atoms with Crippen molar-refractivity contribution in [2.75, 3.05) is 31.6 Å². The Bertz CT molecular complexity index is 863. The number of anilines is 1. The Morgan fingerprint density at radius 2 is 1.76 bits per heavy atom. The quantitative estimate of drug-likeness (QED) is 0.788. The van der Waals surface area contributed by atoms with E-state index in [2.05, 4.69) is 28.4 Å². The number of rotatable bonds is 5. The maximum atomic E-state index is 13.1. The number of hydrogen-bond acceptors (Lipinski definition) is 4. The zero-order valence-corrected chi connectivity index (χ0v) is 16.7. The number of piperidine rings is 1. The average molecular weight is 393 g/mol. The van der Waals surface area contributed by atoms with Crippen LogP contribution in [0.25, 0.3) is 0 Å². The van der Waals surface area contributed by atoms with Gasteiger partial charge in [0.15, 0.2) is 0 Å². The highest BCUT2D eigenvalue weighted by molar-refractivity contribution is 5.93. The topological polar surface area (TPSA) is 61.9 Å². The van der Waals surface area contributed by atoms with Gasteiger partial charge in [0.2, 0.25) is 0 Å². The van der Waals surface area contributed by atoms with Crippen molar-refractivity contribution in [3.63, 3.8) is 0 Å². The van der Waals surface area contributed by atoms with E-state index in [9.17, 15) is 9.59 Å². The summed E-state index contributed by atoms with van der Waals surface area (Å²) in [4.78, 5) is 29.0. The van der Waals surface area contributed by atoms with Gasteiger partial charge in [0.25, 0.3) is 0 Å². The molecule has 2 aromatic carbocycles. The van der Waals surface area contributed by atoms with Gasteiger partial charge >= 0.3 is 12.0 Å². The summed E-state index contributed by atoms with van der Waals surface area (Å²) in [5.74, 6) is -0.183. The van der Waals surface area contributed by atoms with Crippen molar-refractivity contribution in [3.05, 3.63) is 65.7 Å². The van der Waals surface area contributed by atoms with Crippen molar-refractivity contribution in [3.8, 4) is 0 Å². The van der Waals surface area contributed by atoms with E-state index in [1.807, 2.05) is 48.2 Å². The summed E-state index contributed by atoms with van der Waals surface area (Å²) in [7, 11) is 0. The molecule has 152 valence electrons. The molecule has 1 N–H and O–H groups in total. The summed E-state index contributed by atoms with van der Waals surface area (Å²) in [5.41, 5.74) is 3.11. The molecule has 1 atom stereocenters. The standard InChI is InChI=1S/C23H27N3O3/c1-2-29-21(27)16-25-14-12-18(13-15-25)26-22(17-8-4-3-5-9-17)19-10-6-7-11-20(19)24-23(26)28/h3-11,18,22H,2,12-16H2,1H3,(H,24,28). The number of urea groups is 1. The van der Waals surface area contributed by atoms with Crippen LogP contribution < -0.4 is 5.32 Å². The van der Waals surface area contributed by atoms with Crippen molar-refractivity contribution in [1.29, 1.82) is 0 Å². The summed E-state index contributed by atoms with van der Waals surface area (Å²) >= 11 is 0. The van der Waals surface area contributed by atoms with Gasteiger partial charge in [-0.2, -0.15) is 0 Å². The van der Waals surface area contributed by atoms with E-state index < -0.39 is 0 Å². The van der Waals surface area contributed by atoms with Gasteiger partial charge in [-0.1, -0.05) is 48.5 Å². The molecule has 6 nitrogen and oxygen atoms in total. The molecule has 0 radical (unpaired) electrons. The van der Waals surface area contributed by atoms with Crippen LogP contribution in [0.15, 0.2) is 54.6 Å². The maximum Gasteiger partial charge on any atom is 0.322 e. The molecule has 0 spiro atoms. The number of likely N-dealkylation sites (tertiary alicyclic amines) is 1. The molecule has 0 aromatic heterocycles. The van der Waals surface area contributed by atoms with Gasteiger partial charge in [-0.3, -0.25) is 9.69 Å². The molecule has 2 aliphatic heterocycles. The van der Waals surface area contributed by atoms with Crippen molar-refractivity contribution < 1.29 is 14.3 Å². The highest BCUT2D eigenvalue weighted by atomic mass is 16.5. The molecular weight excluding hydrogens is 366 g/mol. The molecule has 1 fully saturated rings. The van der Waals surface area contributed by atoms with Crippen LogP contribution in [0.4, 0.5) is 10.5 Å². The van der Waals surface area contributed by atoms with Crippen molar-refractivity contribution in [2.45, 2.75) is 31.8 Å². The molecule has 4 rings (SSSR count). The lowest BCUT2D eigenvalue weighted by atomic mass is 9.90. The van der Waals surface area contributed by atoms with Crippen molar-refractivity contribution in [1.82, 2.24) is 9.80 Å². The summed E-state index contributed by atoms with van der Waals surface area (Å²) < 4.78 is 5.06. The lowest BCUT2D eigenvalue weighted by Gasteiger charge is -2.45. The lowest BCUT2D eigenvalue weighted by molar-refractivity contribution is -0.144. The predicted octanol–water partition coefficient (Wildman–Crippen LogP) is 3.65. The number of amides is 2. The normalized spacial score (nSPS) is 20.1. The van der Waals surface area contributed by atoms with E-state index in [4.69, 9.17) is 4.74 Å². The van der Waals surface area contributed by atoms with E-state index in [0.717, 1.165) is 42.7 Å². The van der Waals surface area contributed by atoms with E-state index in [-0.39, 0.29) is 24.1 Å². The first-order chi connectivity index (χ1) is 14.2. The van der Waals surface area contributed by atoms with Gasteiger partial charge in [-0.15, -0.1) is 0 Å². The number of ether oxygens (including phenoxy) is 1. The third kappa shape index (κ3) is 4.12. The third-order valence-corrected chi connectivity index (χ3v) is 5.73. The van der Waals surface area contributed by atoms with Crippen LogP contribution in [0, 0.1) is 0 Å². The number of carbonyl (C=O) groups is 2. The van der Waals surface area contributed by atoms with Gasteiger partial charge in [-0.05, 0) is 31.4 Å². The van der Waals surface area contributed by atoms with Crippen LogP contribution in [-0.2, 0) is 9.53 Å². The van der Waals surface area contributed by atoms with E-state index >= 15 is 0 Å². The third-order valence-electron chi connectivity index (χ3n) is 5.73.